The minimum atomic E-state index is -0.266. The molecule has 3 aromatic heterocycles. The smallest absolute Gasteiger partial charge is 0.225 e. The number of aliphatic hydroxyl groups excluding tert-OH is 1. The summed E-state index contributed by atoms with van der Waals surface area (Å²) in [5.74, 6) is 1.49. The average Bonchev–Trinajstić information content (AvgIpc) is 3.55. The van der Waals surface area contributed by atoms with Gasteiger partial charge in [-0.15, -0.1) is 5.10 Å². The van der Waals surface area contributed by atoms with Crippen molar-refractivity contribution in [2.75, 3.05) is 18.4 Å². The third-order valence-electron chi connectivity index (χ3n) is 7.64. The first-order valence-electron chi connectivity index (χ1n) is 13.0. The van der Waals surface area contributed by atoms with Crippen LogP contribution in [0.3, 0.4) is 0 Å². The number of aliphatic hydroxyl groups is 1. The molecule has 192 valence electrons. The number of aromatic nitrogens is 7. The number of likely N-dealkylation sites (tertiary alicyclic amines) is 1. The number of carbonyl (C=O) groups excluding carboxylic acids is 1. The van der Waals surface area contributed by atoms with E-state index < -0.39 is 0 Å². The fraction of sp³-hybridized carbons (Fsp3) is 0.462. The van der Waals surface area contributed by atoms with Gasteiger partial charge in [0.15, 0.2) is 5.82 Å². The normalized spacial score (nSPS) is 20.9. The van der Waals surface area contributed by atoms with Crippen molar-refractivity contribution >= 4 is 22.9 Å². The van der Waals surface area contributed by atoms with Crippen LogP contribution >= 0.6 is 0 Å². The number of carbonyl (C=O) groups is 1. The standard InChI is InChI=1S/C26H31N9O2/c1-16-21(15-28-31-16)20-3-2-4-22-24(20)32-33-35(22)23-9-12-27-26(30-23)29-18-7-5-17(6-8-18)25(37)34-13-10-19(36)11-14-34/h2-4,9,12,15,17-19,36H,5-8,10-11,13-14H2,1H3,(H,28,31)(H,27,29,30)/t17-,18-. The van der Waals surface area contributed by atoms with Gasteiger partial charge in [0.05, 0.1) is 17.3 Å². The summed E-state index contributed by atoms with van der Waals surface area (Å²) < 4.78 is 1.73. The number of hydrogen-bond acceptors (Lipinski definition) is 8. The molecule has 2 fully saturated rings. The molecule has 2 aliphatic rings. The Labute approximate surface area is 214 Å². The Morgan fingerprint density at radius 2 is 1.89 bits per heavy atom. The molecule has 6 rings (SSSR count). The summed E-state index contributed by atoms with van der Waals surface area (Å²) >= 11 is 0. The highest BCUT2D eigenvalue weighted by atomic mass is 16.3. The molecular weight excluding hydrogens is 470 g/mol. The maximum atomic E-state index is 12.9. The van der Waals surface area contributed by atoms with Gasteiger partial charge in [0.1, 0.15) is 5.52 Å². The van der Waals surface area contributed by atoms with Gasteiger partial charge in [0, 0.05) is 54.6 Å². The van der Waals surface area contributed by atoms with Crippen LogP contribution in [0, 0.1) is 12.8 Å². The van der Waals surface area contributed by atoms with Gasteiger partial charge >= 0.3 is 0 Å². The zero-order valence-corrected chi connectivity index (χ0v) is 20.8. The van der Waals surface area contributed by atoms with E-state index in [4.69, 9.17) is 4.98 Å². The van der Waals surface area contributed by atoms with Gasteiger partial charge in [0.25, 0.3) is 0 Å². The molecule has 4 aromatic rings. The van der Waals surface area contributed by atoms with Gasteiger partial charge in [0.2, 0.25) is 11.9 Å². The van der Waals surface area contributed by atoms with Crippen LogP contribution in [-0.4, -0.2) is 76.3 Å². The number of rotatable bonds is 5. The molecule has 1 aliphatic carbocycles. The van der Waals surface area contributed by atoms with Gasteiger partial charge in [-0.25, -0.2) is 4.98 Å². The number of hydrogen-bond donors (Lipinski definition) is 3. The highest BCUT2D eigenvalue weighted by Gasteiger charge is 2.31. The monoisotopic (exact) mass is 501 g/mol. The Kier molecular flexibility index (Phi) is 6.29. The molecule has 11 nitrogen and oxygen atoms in total. The van der Waals surface area contributed by atoms with Crippen LogP contribution in [-0.2, 0) is 4.79 Å². The Morgan fingerprint density at radius 1 is 1.08 bits per heavy atom. The Balaban J connectivity index is 1.14. The van der Waals surface area contributed by atoms with Crippen molar-refractivity contribution in [3.05, 3.63) is 42.4 Å². The quantitative estimate of drug-likeness (QED) is 0.380. The number of aryl methyl sites for hydroxylation is 1. The fourth-order valence-electron chi connectivity index (χ4n) is 5.51. The number of nitrogens with one attached hydrogen (secondary N) is 2. The highest BCUT2D eigenvalue weighted by Crippen LogP contribution is 2.30. The molecular formula is C26H31N9O2. The predicted molar refractivity (Wildman–Crippen MR) is 138 cm³/mol. The molecule has 1 aromatic carbocycles. The van der Waals surface area contributed by atoms with Crippen molar-refractivity contribution in [2.24, 2.45) is 5.92 Å². The zero-order chi connectivity index (χ0) is 25.4. The van der Waals surface area contributed by atoms with Gasteiger partial charge in [-0.3, -0.25) is 9.89 Å². The lowest BCUT2D eigenvalue weighted by molar-refractivity contribution is -0.138. The van der Waals surface area contributed by atoms with Crippen molar-refractivity contribution in [3.63, 3.8) is 0 Å². The number of anilines is 1. The maximum Gasteiger partial charge on any atom is 0.225 e. The maximum absolute atomic E-state index is 12.9. The minimum absolute atomic E-state index is 0.0649. The van der Waals surface area contributed by atoms with Crippen LogP contribution in [0.15, 0.2) is 36.7 Å². The molecule has 4 heterocycles. The number of amides is 1. The summed E-state index contributed by atoms with van der Waals surface area (Å²) in [6.45, 7) is 3.29. The van der Waals surface area contributed by atoms with E-state index >= 15 is 0 Å². The van der Waals surface area contributed by atoms with E-state index in [-0.39, 0.29) is 24.0 Å². The molecule has 1 saturated carbocycles. The second-order valence-electron chi connectivity index (χ2n) is 10.0. The lowest BCUT2D eigenvalue weighted by Crippen LogP contribution is -2.44. The highest BCUT2D eigenvalue weighted by molar-refractivity contribution is 5.92. The van der Waals surface area contributed by atoms with Crippen molar-refractivity contribution in [1.29, 1.82) is 0 Å². The number of piperidine rings is 1. The van der Waals surface area contributed by atoms with Crippen LogP contribution in [0.4, 0.5) is 5.95 Å². The summed E-state index contributed by atoms with van der Waals surface area (Å²) in [6.07, 6.45) is 8.16. The fourth-order valence-corrected chi connectivity index (χ4v) is 5.51. The third-order valence-corrected chi connectivity index (χ3v) is 7.64. The van der Waals surface area contributed by atoms with E-state index in [0.29, 0.717) is 37.7 Å². The summed E-state index contributed by atoms with van der Waals surface area (Å²) in [6, 6.07) is 8.01. The van der Waals surface area contributed by atoms with Crippen molar-refractivity contribution in [3.8, 4) is 16.9 Å². The van der Waals surface area contributed by atoms with E-state index in [0.717, 1.165) is 53.5 Å². The molecule has 1 aliphatic heterocycles. The Morgan fingerprint density at radius 3 is 2.65 bits per heavy atom. The van der Waals surface area contributed by atoms with Crippen molar-refractivity contribution in [1.82, 2.24) is 40.1 Å². The molecule has 11 heteroatoms. The van der Waals surface area contributed by atoms with Gasteiger partial charge in [-0.1, -0.05) is 17.3 Å². The molecule has 0 atom stereocenters. The van der Waals surface area contributed by atoms with E-state index in [9.17, 15) is 9.90 Å². The topological polar surface area (TPSA) is 138 Å². The first-order chi connectivity index (χ1) is 18.1. The van der Waals surface area contributed by atoms with Crippen LogP contribution in [0.2, 0.25) is 0 Å². The van der Waals surface area contributed by atoms with Crippen molar-refractivity contribution in [2.45, 2.75) is 57.6 Å². The van der Waals surface area contributed by atoms with Crippen LogP contribution in [0.25, 0.3) is 28.0 Å². The molecule has 1 amide bonds. The molecule has 0 radical (unpaired) electrons. The number of H-pyrrole nitrogens is 1. The molecule has 3 N–H and O–H groups in total. The van der Waals surface area contributed by atoms with E-state index in [1.807, 2.05) is 42.3 Å². The summed E-state index contributed by atoms with van der Waals surface area (Å²) in [5.41, 5.74) is 4.50. The number of fused-ring (bicyclic) bond motifs is 1. The van der Waals surface area contributed by atoms with E-state index in [1.165, 1.54) is 0 Å². The van der Waals surface area contributed by atoms with Gasteiger partial charge in [-0.2, -0.15) is 14.8 Å². The van der Waals surface area contributed by atoms with Gasteiger partial charge in [-0.05, 0) is 51.5 Å². The molecule has 0 spiro atoms. The third kappa shape index (κ3) is 4.66. The van der Waals surface area contributed by atoms with Crippen LogP contribution in [0.1, 0.15) is 44.2 Å². The number of benzene rings is 1. The van der Waals surface area contributed by atoms with E-state index in [2.05, 4.69) is 30.8 Å². The molecule has 1 saturated heterocycles. The largest absolute Gasteiger partial charge is 0.393 e. The second kappa shape index (κ2) is 9.89. The SMILES string of the molecule is Cc1n[nH]cc1-c1cccc2c1nnn2-c1ccnc(N[C@H]2CC[C@H](C(=O)N3CCC(O)CC3)CC2)n1. The Bertz CT molecular complexity index is 1400. The predicted octanol–water partition coefficient (Wildman–Crippen LogP) is 2.86. The lowest BCUT2D eigenvalue weighted by Gasteiger charge is -2.35. The number of nitrogens with zero attached hydrogens (tertiary/aromatic N) is 7. The Hall–Kier alpha value is -3.86. The average molecular weight is 502 g/mol. The number of aromatic amines is 1. The molecule has 0 bridgehead atoms. The first-order valence-corrected chi connectivity index (χ1v) is 13.0. The zero-order valence-electron chi connectivity index (χ0n) is 20.8. The van der Waals surface area contributed by atoms with Crippen molar-refractivity contribution < 1.29 is 9.90 Å². The van der Waals surface area contributed by atoms with Gasteiger partial charge < -0.3 is 15.3 Å². The molecule has 37 heavy (non-hydrogen) atoms. The van der Waals surface area contributed by atoms with Crippen LogP contribution in [0.5, 0.6) is 0 Å². The minimum Gasteiger partial charge on any atom is -0.393 e. The van der Waals surface area contributed by atoms with Crippen LogP contribution < -0.4 is 5.32 Å². The summed E-state index contributed by atoms with van der Waals surface area (Å²) in [5, 5.41) is 29.2. The first kappa shape index (κ1) is 23.5. The lowest BCUT2D eigenvalue weighted by atomic mass is 9.85. The summed E-state index contributed by atoms with van der Waals surface area (Å²) in [7, 11) is 0. The molecule has 0 unspecified atom stereocenters. The van der Waals surface area contributed by atoms with E-state index in [1.54, 1.807) is 10.9 Å². The summed E-state index contributed by atoms with van der Waals surface area (Å²) in [4.78, 5) is 24.0. The second-order valence-corrected chi connectivity index (χ2v) is 10.0.